The molecule has 0 amide bonds. The first-order chi connectivity index (χ1) is 9.08. The van der Waals surface area contributed by atoms with Gasteiger partial charge < -0.3 is 9.47 Å². The molecule has 0 spiro atoms. The minimum absolute atomic E-state index is 0.00782. The Hall–Kier alpha value is -1.53. The van der Waals surface area contributed by atoms with Crippen LogP contribution in [0.3, 0.4) is 0 Å². The summed E-state index contributed by atoms with van der Waals surface area (Å²) in [5.41, 5.74) is 3.32. The van der Waals surface area contributed by atoms with Crippen molar-refractivity contribution in [3.63, 3.8) is 0 Å². The minimum atomic E-state index is -0.134. The fourth-order valence-electron chi connectivity index (χ4n) is 3.06. The van der Waals surface area contributed by atoms with Gasteiger partial charge in [0, 0.05) is 0 Å². The Bertz CT molecular complexity index is 489. The molecule has 0 N–H and O–H groups in total. The molecule has 1 aromatic rings. The molecule has 0 aliphatic carbocycles. The third kappa shape index (κ3) is 2.11. The van der Waals surface area contributed by atoms with Gasteiger partial charge in [0.15, 0.2) is 0 Å². The Morgan fingerprint density at radius 2 is 1.95 bits per heavy atom. The standard InChI is InChI=1S/C16H21NO2/c1-5-13(8-17)16(9-19-10-16)14-6-11(2)15(18-4)12(3)7-14/h6-7,13H,5,9-10H2,1-4H3. The summed E-state index contributed by atoms with van der Waals surface area (Å²) in [4.78, 5) is 0. The lowest BCUT2D eigenvalue weighted by atomic mass is 9.67. The second-order valence-corrected chi connectivity index (χ2v) is 5.38. The third-order valence-corrected chi connectivity index (χ3v) is 4.19. The van der Waals surface area contributed by atoms with E-state index in [1.165, 1.54) is 5.56 Å². The monoisotopic (exact) mass is 259 g/mol. The number of aryl methyl sites for hydroxylation is 2. The van der Waals surface area contributed by atoms with Gasteiger partial charge in [-0.05, 0) is 37.0 Å². The summed E-state index contributed by atoms with van der Waals surface area (Å²) < 4.78 is 10.8. The van der Waals surface area contributed by atoms with Gasteiger partial charge in [-0.25, -0.2) is 0 Å². The molecule has 0 aromatic heterocycles. The number of ether oxygens (including phenoxy) is 2. The molecule has 19 heavy (non-hydrogen) atoms. The molecular weight excluding hydrogens is 238 g/mol. The van der Waals surface area contributed by atoms with Gasteiger partial charge in [-0.1, -0.05) is 19.1 Å². The topological polar surface area (TPSA) is 42.2 Å². The van der Waals surface area contributed by atoms with E-state index in [9.17, 15) is 5.26 Å². The van der Waals surface area contributed by atoms with Gasteiger partial charge in [0.1, 0.15) is 5.75 Å². The molecule has 3 nitrogen and oxygen atoms in total. The predicted molar refractivity (Wildman–Crippen MR) is 74.4 cm³/mol. The SMILES string of the molecule is CCC(C#N)C1(c2cc(C)c(OC)c(C)c2)COC1. The van der Waals surface area contributed by atoms with Gasteiger partial charge in [-0.15, -0.1) is 0 Å². The van der Waals surface area contributed by atoms with Crippen LogP contribution in [0.25, 0.3) is 0 Å². The zero-order valence-corrected chi connectivity index (χ0v) is 12.1. The van der Waals surface area contributed by atoms with Crippen molar-refractivity contribution in [1.82, 2.24) is 0 Å². The molecule has 0 saturated carbocycles. The second kappa shape index (κ2) is 5.22. The Balaban J connectivity index is 2.48. The first kappa shape index (κ1) is 13.9. The number of benzene rings is 1. The van der Waals surface area contributed by atoms with E-state index in [0.717, 1.165) is 23.3 Å². The van der Waals surface area contributed by atoms with Crippen LogP contribution in [-0.4, -0.2) is 20.3 Å². The fraction of sp³-hybridized carbons (Fsp3) is 0.562. The van der Waals surface area contributed by atoms with Crippen LogP contribution >= 0.6 is 0 Å². The van der Waals surface area contributed by atoms with Crippen molar-refractivity contribution in [2.45, 2.75) is 32.6 Å². The molecule has 1 atom stereocenters. The molecular formula is C16H21NO2. The summed E-state index contributed by atoms with van der Waals surface area (Å²) in [6.45, 7) is 7.46. The number of hydrogen-bond acceptors (Lipinski definition) is 3. The molecule has 1 aliphatic rings. The van der Waals surface area contributed by atoms with Crippen molar-refractivity contribution in [3.8, 4) is 11.8 Å². The number of nitrogens with zero attached hydrogens (tertiary/aromatic N) is 1. The fourth-order valence-corrected chi connectivity index (χ4v) is 3.06. The Morgan fingerprint density at radius 3 is 2.26 bits per heavy atom. The lowest BCUT2D eigenvalue weighted by Crippen LogP contribution is -2.52. The van der Waals surface area contributed by atoms with Gasteiger partial charge in [0.2, 0.25) is 0 Å². The summed E-state index contributed by atoms with van der Waals surface area (Å²) >= 11 is 0. The zero-order chi connectivity index (χ0) is 14.0. The normalized spacial score (nSPS) is 18.3. The van der Waals surface area contributed by atoms with Crippen LogP contribution in [0.1, 0.15) is 30.0 Å². The van der Waals surface area contributed by atoms with E-state index in [0.29, 0.717) is 13.2 Å². The van der Waals surface area contributed by atoms with Crippen LogP contribution < -0.4 is 4.74 Å². The van der Waals surface area contributed by atoms with Crippen molar-refractivity contribution in [3.05, 3.63) is 28.8 Å². The summed E-state index contributed by atoms with van der Waals surface area (Å²) in [6.07, 6.45) is 0.851. The Morgan fingerprint density at radius 1 is 1.37 bits per heavy atom. The minimum Gasteiger partial charge on any atom is -0.496 e. The van der Waals surface area contributed by atoms with Gasteiger partial charge in [-0.2, -0.15) is 5.26 Å². The van der Waals surface area contributed by atoms with Crippen LogP contribution in [0.4, 0.5) is 0 Å². The summed E-state index contributed by atoms with van der Waals surface area (Å²) in [5.74, 6) is 0.942. The van der Waals surface area contributed by atoms with Gasteiger partial charge in [0.05, 0.1) is 37.7 Å². The molecule has 1 aromatic carbocycles. The quantitative estimate of drug-likeness (QED) is 0.834. The van der Waals surface area contributed by atoms with Crippen LogP contribution in [0.5, 0.6) is 5.75 Å². The maximum Gasteiger partial charge on any atom is 0.124 e. The molecule has 3 heteroatoms. The van der Waals surface area contributed by atoms with Crippen molar-refractivity contribution in [1.29, 1.82) is 5.26 Å². The number of hydrogen-bond donors (Lipinski definition) is 0. The Kier molecular flexibility index (Phi) is 3.82. The van der Waals surface area contributed by atoms with E-state index < -0.39 is 0 Å². The van der Waals surface area contributed by atoms with E-state index in [-0.39, 0.29) is 11.3 Å². The maximum absolute atomic E-state index is 9.40. The average molecular weight is 259 g/mol. The van der Waals surface area contributed by atoms with E-state index in [1.807, 2.05) is 0 Å². The van der Waals surface area contributed by atoms with Gasteiger partial charge in [0.25, 0.3) is 0 Å². The zero-order valence-electron chi connectivity index (χ0n) is 12.1. The average Bonchev–Trinajstić information content (AvgIpc) is 2.33. The smallest absolute Gasteiger partial charge is 0.124 e. The largest absolute Gasteiger partial charge is 0.496 e. The first-order valence-corrected chi connectivity index (χ1v) is 6.72. The van der Waals surface area contributed by atoms with E-state index in [1.54, 1.807) is 7.11 Å². The van der Waals surface area contributed by atoms with Gasteiger partial charge >= 0.3 is 0 Å². The number of methoxy groups -OCH3 is 1. The summed E-state index contributed by atoms with van der Waals surface area (Å²) in [6, 6.07) is 6.74. The van der Waals surface area contributed by atoms with E-state index in [4.69, 9.17) is 9.47 Å². The molecule has 102 valence electrons. The van der Waals surface area contributed by atoms with Crippen LogP contribution in [0.2, 0.25) is 0 Å². The van der Waals surface area contributed by atoms with Crippen molar-refractivity contribution in [2.24, 2.45) is 5.92 Å². The summed E-state index contributed by atoms with van der Waals surface area (Å²) in [5, 5.41) is 9.40. The second-order valence-electron chi connectivity index (χ2n) is 5.38. The van der Waals surface area contributed by atoms with Crippen LogP contribution in [-0.2, 0) is 10.2 Å². The maximum atomic E-state index is 9.40. The molecule has 1 aliphatic heterocycles. The van der Waals surface area contributed by atoms with Crippen molar-refractivity contribution in [2.75, 3.05) is 20.3 Å². The highest BCUT2D eigenvalue weighted by Crippen LogP contribution is 2.42. The van der Waals surface area contributed by atoms with Crippen molar-refractivity contribution >= 4 is 0 Å². The Labute approximate surface area is 115 Å². The van der Waals surface area contributed by atoms with E-state index >= 15 is 0 Å². The number of rotatable bonds is 4. The van der Waals surface area contributed by atoms with Gasteiger partial charge in [-0.3, -0.25) is 0 Å². The predicted octanol–water partition coefficient (Wildman–Crippen LogP) is 3.13. The van der Waals surface area contributed by atoms with Crippen LogP contribution in [0, 0.1) is 31.1 Å². The first-order valence-electron chi connectivity index (χ1n) is 6.72. The molecule has 1 heterocycles. The molecule has 1 saturated heterocycles. The molecule has 1 unspecified atom stereocenters. The highest BCUT2D eigenvalue weighted by molar-refractivity contribution is 5.47. The van der Waals surface area contributed by atoms with E-state index in [2.05, 4.69) is 39.0 Å². The highest BCUT2D eigenvalue weighted by atomic mass is 16.5. The van der Waals surface area contributed by atoms with Crippen LogP contribution in [0.15, 0.2) is 12.1 Å². The lowest BCUT2D eigenvalue weighted by Gasteiger charge is -2.45. The summed E-state index contributed by atoms with van der Waals surface area (Å²) in [7, 11) is 1.70. The molecule has 1 fully saturated rings. The lowest BCUT2D eigenvalue weighted by molar-refractivity contribution is -0.0805. The highest BCUT2D eigenvalue weighted by Gasteiger charge is 2.47. The molecule has 2 rings (SSSR count). The molecule has 0 bridgehead atoms. The molecule has 0 radical (unpaired) electrons. The number of nitriles is 1. The third-order valence-electron chi connectivity index (χ3n) is 4.19. The van der Waals surface area contributed by atoms with Crippen molar-refractivity contribution < 1.29 is 9.47 Å².